The molecular weight excluding hydrogens is 220 g/mol. The predicted molar refractivity (Wildman–Crippen MR) is 73.5 cm³/mol. The van der Waals surface area contributed by atoms with Crippen molar-refractivity contribution < 1.29 is 0 Å². The molecule has 2 nitrogen and oxygen atoms in total. The number of piperidine rings is 1. The van der Waals surface area contributed by atoms with Crippen molar-refractivity contribution in [2.45, 2.75) is 62.2 Å². The summed E-state index contributed by atoms with van der Waals surface area (Å²) in [6.07, 6.45) is 8.12. The van der Waals surface area contributed by atoms with Crippen molar-refractivity contribution in [3.05, 3.63) is 35.9 Å². The highest BCUT2D eigenvalue weighted by Crippen LogP contribution is 2.44. The van der Waals surface area contributed by atoms with Gasteiger partial charge in [-0.15, -0.1) is 0 Å². The molecule has 2 saturated heterocycles. The van der Waals surface area contributed by atoms with E-state index in [1.54, 1.807) is 0 Å². The van der Waals surface area contributed by atoms with Gasteiger partial charge in [-0.1, -0.05) is 30.3 Å². The number of nitrogens with one attached hydrogen (secondary N) is 2. The van der Waals surface area contributed by atoms with Gasteiger partial charge in [-0.25, -0.2) is 0 Å². The number of benzene rings is 1. The topological polar surface area (TPSA) is 24.1 Å². The first-order valence-electron chi connectivity index (χ1n) is 7.45. The SMILES string of the molecule is c1ccc([C@@H]2C[C@H]2NC23CCCC(CC2)N3)cc1. The summed E-state index contributed by atoms with van der Waals surface area (Å²) >= 11 is 0. The lowest BCUT2D eigenvalue weighted by Crippen LogP contribution is -2.57. The summed E-state index contributed by atoms with van der Waals surface area (Å²) < 4.78 is 0. The van der Waals surface area contributed by atoms with Crippen molar-refractivity contribution in [2.24, 2.45) is 0 Å². The molecule has 0 radical (unpaired) electrons. The van der Waals surface area contributed by atoms with E-state index in [4.69, 9.17) is 0 Å². The third kappa shape index (κ3) is 1.88. The van der Waals surface area contributed by atoms with Crippen molar-refractivity contribution in [3.8, 4) is 0 Å². The maximum Gasteiger partial charge on any atom is 0.0692 e. The van der Waals surface area contributed by atoms with Crippen LogP contribution in [0.4, 0.5) is 0 Å². The van der Waals surface area contributed by atoms with Gasteiger partial charge in [0, 0.05) is 18.0 Å². The van der Waals surface area contributed by atoms with E-state index in [0.29, 0.717) is 6.04 Å². The highest BCUT2D eigenvalue weighted by molar-refractivity contribution is 5.28. The van der Waals surface area contributed by atoms with Gasteiger partial charge in [0.25, 0.3) is 0 Å². The van der Waals surface area contributed by atoms with E-state index in [2.05, 4.69) is 41.0 Å². The number of fused-ring (bicyclic) bond motifs is 2. The summed E-state index contributed by atoms with van der Waals surface area (Å²) in [6.45, 7) is 0. The first-order chi connectivity index (χ1) is 8.85. The molecule has 0 aromatic heterocycles. The minimum absolute atomic E-state index is 0.289. The van der Waals surface area contributed by atoms with Crippen molar-refractivity contribution in [1.82, 2.24) is 10.6 Å². The third-order valence-electron chi connectivity index (χ3n) is 5.04. The van der Waals surface area contributed by atoms with Crippen molar-refractivity contribution in [1.29, 1.82) is 0 Å². The zero-order valence-corrected chi connectivity index (χ0v) is 10.9. The van der Waals surface area contributed by atoms with Crippen LogP contribution in [0, 0.1) is 0 Å². The Kier molecular flexibility index (Phi) is 2.49. The Morgan fingerprint density at radius 3 is 2.89 bits per heavy atom. The summed E-state index contributed by atoms with van der Waals surface area (Å²) in [7, 11) is 0. The Labute approximate surface area is 109 Å². The molecule has 2 heterocycles. The molecule has 4 atom stereocenters. The molecule has 18 heavy (non-hydrogen) atoms. The van der Waals surface area contributed by atoms with Crippen LogP contribution >= 0.6 is 0 Å². The summed E-state index contributed by atoms with van der Waals surface area (Å²) in [4.78, 5) is 0. The second-order valence-electron chi connectivity index (χ2n) is 6.36. The van der Waals surface area contributed by atoms with E-state index in [1.165, 1.54) is 44.1 Å². The molecule has 3 aliphatic rings. The fraction of sp³-hybridized carbons (Fsp3) is 0.625. The van der Waals surface area contributed by atoms with Crippen LogP contribution in [0.1, 0.15) is 50.0 Å². The smallest absolute Gasteiger partial charge is 0.0692 e. The largest absolute Gasteiger partial charge is 0.297 e. The molecule has 4 rings (SSSR count). The van der Waals surface area contributed by atoms with Gasteiger partial charge in [0.15, 0.2) is 0 Å². The third-order valence-corrected chi connectivity index (χ3v) is 5.04. The average molecular weight is 242 g/mol. The molecule has 2 heteroatoms. The zero-order chi connectivity index (χ0) is 12.0. The first kappa shape index (κ1) is 11.0. The molecule has 2 bridgehead atoms. The van der Waals surface area contributed by atoms with Crippen molar-refractivity contribution >= 4 is 0 Å². The highest BCUT2D eigenvalue weighted by atomic mass is 15.3. The molecule has 2 N–H and O–H groups in total. The van der Waals surface area contributed by atoms with Gasteiger partial charge in [0.1, 0.15) is 0 Å². The lowest BCUT2D eigenvalue weighted by atomic mass is 9.99. The Hall–Kier alpha value is -0.860. The summed E-state index contributed by atoms with van der Waals surface area (Å²) in [6, 6.07) is 12.5. The van der Waals surface area contributed by atoms with Crippen LogP contribution in [0.25, 0.3) is 0 Å². The second kappa shape index (κ2) is 4.07. The second-order valence-corrected chi connectivity index (χ2v) is 6.36. The van der Waals surface area contributed by atoms with Gasteiger partial charge >= 0.3 is 0 Å². The number of hydrogen-bond acceptors (Lipinski definition) is 2. The van der Waals surface area contributed by atoms with Gasteiger partial charge in [0.2, 0.25) is 0 Å². The van der Waals surface area contributed by atoms with Crippen LogP contribution < -0.4 is 10.6 Å². The van der Waals surface area contributed by atoms with Crippen LogP contribution in [0.15, 0.2) is 30.3 Å². The molecule has 0 amide bonds. The molecule has 2 aliphatic heterocycles. The Morgan fingerprint density at radius 1 is 1.11 bits per heavy atom. The monoisotopic (exact) mass is 242 g/mol. The van der Waals surface area contributed by atoms with Crippen molar-refractivity contribution in [2.75, 3.05) is 0 Å². The fourth-order valence-electron chi connectivity index (χ4n) is 3.98. The van der Waals surface area contributed by atoms with E-state index in [-0.39, 0.29) is 5.66 Å². The maximum atomic E-state index is 3.94. The van der Waals surface area contributed by atoms with Gasteiger partial charge < -0.3 is 0 Å². The van der Waals surface area contributed by atoms with Gasteiger partial charge in [0.05, 0.1) is 5.66 Å². The predicted octanol–water partition coefficient (Wildman–Crippen LogP) is 2.76. The van der Waals surface area contributed by atoms with Crippen LogP contribution in [0.3, 0.4) is 0 Å². The van der Waals surface area contributed by atoms with E-state index in [9.17, 15) is 0 Å². The van der Waals surface area contributed by atoms with Crippen LogP contribution in [0.5, 0.6) is 0 Å². The molecule has 0 spiro atoms. The number of rotatable bonds is 3. The summed E-state index contributed by atoms with van der Waals surface area (Å²) in [5.74, 6) is 0.753. The molecule has 96 valence electrons. The van der Waals surface area contributed by atoms with E-state index >= 15 is 0 Å². The lowest BCUT2D eigenvalue weighted by molar-refractivity contribution is 0.217. The molecular formula is C16H22N2. The Bertz CT molecular complexity index is 426. The molecule has 3 fully saturated rings. The normalized spacial score (nSPS) is 41.9. The van der Waals surface area contributed by atoms with Crippen molar-refractivity contribution in [3.63, 3.8) is 0 Å². The van der Waals surface area contributed by atoms with Crippen LogP contribution in [0.2, 0.25) is 0 Å². The van der Waals surface area contributed by atoms with Gasteiger partial charge in [-0.05, 0) is 44.1 Å². The minimum atomic E-state index is 0.289. The summed E-state index contributed by atoms with van der Waals surface area (Å²) in [5.41, 5.74) is 1.80. The maximum absolute atomic E-state index is 3.94. The van der Waals surface area contributed by atoms with E-state index in [1.807, 2.05) is 0 Å². The van der Waals surface area contributed by atoms with E-state index in [0.717, 1.165) is 12.0 Å². The van der Waals surface area contributed by atoms with Gasteiger partial charge in [-0.2, -0.15) is 0 Å². The Balaban J connectivity index is 1.42. The minimum Gasteiger partial charge on any atom is -0.297 e. The van der Waals surface area contributed by atoms with E-state index < -0.39 is 0 Å². The average Bonchev–Trinajstić information content (AvgIpc) is 3.10. The first-order valence-corrected chi connectivity index (χ1v) is 7.45. The van der Waals surface area contributed by atoms with Crippen LogP contribution in [-0.2, 0) is 0 Å². The standard InChI is InChI=1S/C16H22N2/c1-2-5-12(6-3-1)14-11-15(14)18-16-9-4-7-13(17-16)8-10-16/h1-3,5-6,13-15,17-18H,4,7-11H2/t13?,14-,15+,16?/m0/s1. The highest BCUT2D eigenvalue weighted by Gasteiger charge is 2.47. The summed E-state index contributed by atoms with van der Waals surface area (Å²) in [5, 5.41) is 7.77. The number of hydrogen-bond donors (Lipinski definition) is 2. The molecule has 2 unspecified atom stereocenters. The molecule has 1 aromatic rings. The zero-order valence-electron chi connectivity index (χ0n) is 10.9. The van der Waals surface area contributed by atoms with Crippen LogP contribution in [-0.4, -0.2) is 17.7 Å². The molecule has 1 saturated carbocycles. The fourth-order valence-corrected chi connectivity index (χ4v) is 3.98. The Morgan fingerprint density at radius 2 is 2.00 bits per heavy atom. The quantitative estimate of drug-likeness (QED) is 0.851. The lowest BCUT2D eigenvalue weighted by Gasteiger charge is -2.36. The molecule has 1 aromatic carbocycles. The van der Waals surface area contributed by atoms with Gasteiger partial charge in [-0.3, -0.25) is 10.6 Å². The molecule has 1 aliphatic carbocycles.